The molecule has 22 heavy (non-hydrogen) atoms. The molecule has 0 unspecified atom stereocenters. The molecule has 0 bridgehead atoms. The van der Waals surface area contributed by atoms with Crippen molar-refractivity contribution in [3.63, 3.8) is 0 Å². The zero-order valence-corrected chi connectivity index (χ0v) is 12.6. The van der Waals surface area contributed by atoms with Crippen molar-refractivity contribution in [1.29, 1.82) is 0 Å². The van der Waals surface area contributed by atoms with Crippen molar-refractivity contribution in [3.8, 4) is 11.5 Å². The van der Waals surface area contributed by atoms with Gasteiger partial charge in [-0.3, -0.25) is 4.79 Å². The molecule has 1 heterocycles. The van der Waals surface area contributed by atoms with Crippen molar-refractivity contribution in [2.45, 2.75) is 6.54 Å². The molecule has 3 aromatic rings. The molecule has 0 saturated carbocycles. The fraction of sp³-hybridized carbons (Fsp3) is 0.167. The Hall–Kier alpha value is -2.75. The van der Waals surface area contributed by atoms with Crippen LogP contribution < -0.4 is 15.0 Å². The molecular weight excluding hydrogens is 278 g/mol. The number of benzene rings is 2. The van der Waals surface area contributed by atoms with Crippen LogP contribution in [0.5, 0.6) is 11.5 Å². The molecule has 0 spiro atoms. The van der Waals surface area contributed by atoms with Gasteiger partial charge in [-0.25, -0.2) is 0 Å². The highest BCUT2D eigenvalue weighted by atomic mass is 16.5. The topological polar surface area (TPSA) is 40.5 Å². The van der Waals surface area contributed by atoms with Gasteiger partial charge in [0.2, 0.25) is 0 Å². The number of rotatable bonds is 4. The lowest BCUT2D eigenvalue weighted by Crippen LogP contribution is -2.20. The molecule has 0 fully saturated rings. The van der Waals surface area contributed by atoms with Crippen LogP contribution in [0.25, 0.3) is 10.8 Å². The number of methoxy groups -OCH3 is 2. The smallest absolute Gasteiger partial charge is 0.258 e. The number of fused-ring (bicyclic) bond motifs is 1. The van der Waals surface area contributed by atoms with Gasteiger partial charge in [-0.1, -0.05) is 30.3 Å². The van der Waals surface area contributed by atoms with E-state index in [0.29, 0.717) is 23.4 Å². The minimum atomic E-state index is -0.0395. The molecule has 4 heteroatoms. The second-order valence-corrected chi connectivity index (χ2v) is 5.00. The van der Waals surface area contributed by atoms with Crippen LogP contribution in [0.15, 0.2) is 59.5 Å². The Morgan fingerprint density at radius 2 is 1.68 bits per heavy atom. The first-order valence-corrected chi connectivity index (χ1v) is 7.02. The average molecular weight is 295 g/mol. The first-order valence-electron chi connectivity index (χ1n) is 7.02. The van der Waals surface area contributed by atoms with Crippen LogP contribution in [0.3, 0.4) is 0 Å². The van der Waals surface area contributed by atoms with E-state index in [4.69, 9.17) is 9.47 Å². The van der Waals surface area contributed by atoms with Gasteiger partial charge in [0, 0.05) is 11.6 Å². The summed E-state index contributed by atoms with van der Waals surface area (Å²) in [6.07, 6.45) is 1.79. The van der Waals surface area contributed by atoms with Crippen LogP contribution in [0, 0.1) is 0 Å². The zero-order valence-electron chi connectivity index (χ0n) is 12.6. The van der Waals surface area contributed by atoms with Crippen LogP contribution in [0.4, 0.5) is 0 Å². The molecule has 0 atom stereocenters. The van der Waals surface area contributed by atoms with Gasteiger partial charge in [-0.05, 0) is 23.8 Å². The van der Waals surface area contributed by atoms with Crippen LogP contribution in [0.2, 0.25) is 0 Å². The molecule has 0 aliphatic carbocycles. The van der Waals surface area contributed by atoms with E-state index in [0.717, 1.165) is 10.9 Å². The monoisotopic (exact) mass is 295 g/mol. The van der Waals surface area contributed by atoms with Crippen molar-refractivity contribution < 1.29 is 9.47 Å². The van der Waals surface area contributed by atoms with Crippen LogP contribution in [0.1, 0.15) is 5.56 Å². The maximum absolute atomic E-state index is 12.7. The fourth-order valence-electron chi connectivity index (χ4n) is 2.59. The van der Waals surface area contributed by atoms with Crippen molar-refractivity contribution >= 4 is 10.8 Å². The van der Waals surface area contributed by atoms with Crippen molar-refractivity contribution in [1.82, 2.24) is 4.57 Å². The summed E-state index contributed by atoms with van der Waals surface area (Å²) in [5, 5.41) is 1.38. The number of ether oxygens (including phenoxy) is 2. The second kappa shape index (κ2) is 5.93. The number of hydrogen-bond donors (Lipinski definition) is 0. The van der Waals surface area contributed by atoms with E-state index in [-0.39, 0.29) is 5.56 Å². The highest BCUT2D eigenvalue weighted by Crippen LogP contribution is 2.33. The van der Waals surface area contributed by atoms with Gasteiger partial charge in [-0.15, -0.1) is 0 Å². The summed E-state index contributed by atoms with van der Waals surface area (Å²) in [5.41, 5.74) is 1.05. The SMILES string of the molecule is COc1ccc2c(=O)n(Cc3ccccc3)ccc2c1OC. The predicted molar refractivity (Wildman–Crippen MR) is 86.9 cm³/mol. The predicted octanol–water partition coefficient (Wildman–Crippen LogP) is 3.07. The van der Waals surface area contributed by atoms with Crippen molar-refractivity contribution in [2.75, 3.05) is 14.2 Å². The lowest BCUT2D eigenvalue weighted by molar-refractivity contribution is 0.358. The van der Waals surface area contributed by atoms with E-state index in [1.807, 2.05) is 36.4 Å². The minimum Gasteiger partial charge on any atom is -0.493 e. The Bertz CT molecular complexity index is 853. The van der Waals surface area contributed by atoms with Crippen molar-refractivity contribution in [2.24, 2.45) is 0 Å². The number of hydrogen-bond acceptors (Lipinski definition) is 3. The third kappa shape index (κ3) is 2.44. The normalized spacial score (nSPS) is 10.6. The number of pyridine rings is 1. The Morgan fingerprint density at radius 3 is 2.36 bits per heavy atom. The van der Waals surface area contributed by atoms with Gasteiger partial charge >= 0.3 is 0 Å². The molecule has 0 N–H and O–H groups in total. The van der Waals surface area contributed by atoms with E-state index >= 15 is 0 Å². The minimum absolute atomic E-state index is 0.0395. The quantitative estimate of drug-likeness (QED) is 0.742. The summed E-state index contributed by atoms with van der Waals surface area (Å²) in [6.45, 7) is 0.546. The van der Waals surface area contributed by atoms with E-state index in [1.165, 1.54) is 0 Å². The molecule has 1 aromatic heterocycles. The molecule has 112 valence electrons. The standard InChI is InChI=1S/C18H17NO3/c1-21-16-9-8-15-14(17(16)22-2)10-11-19(18(15)20)12-13-6-4-3-5-7-13/h3-11H,12H2,1-2H3. The van der Waals surface area contributed by atoms with Crippen LogP contribution >= 0.6 is 0 Å². The lowest BCUT2D eigenvalue weighted by atomic mass is 10.1. The Labute approximate surface area is 128 Å². The third-order valence-corrected chi connectivity index (χ3v) is 3.69. The van der Waals surface area contributed by atoms with Gasteiger partial charge in [0.1, 0.15) is 0 Å². The highest BCUT2D eigenvalue weighted by Gasteiger charge is 2.12. The van der Waals surface area contributed by atoms with E-state index < -0.39 is 0 Å². The molecule has 0 saturated heterocycles. The highest BCUT2D eigenvalue weighted by molar-refractivity contribution is 5.90. The first kappa shape index (κ1) is 14.2. The Balaban J connectivity index is 2.13. The summed E-state index contributed by atoms with van der Waals surface area (Å²) in [4.78, 5) is 12.7. The molecule has 2 aromatic carbocycles. The lowest BCUT2D eigenvalue weighted by Gasteiger charge is -2.12. The molecule has 4 nitrogen and oxygen atoms in total. The molecule has 0 radical (unpaired) electrons. The zero-order chi connectivity index (χ0) is 15.5. The number of aromatic nitrogens is 1. The van der Waals surface area contributed by atoms with Gasteiger partial charge < -0.3 is 14.0 Å². The van der Waals surface area contributed by atoms with Crippen LogP contribution in [-0.4, -0.2) is 18.8 Å². The van der Waals surface area contributed by atoms with Crippen LogP contribution in [-0.2, 0) is 6.54 Å². The van der Waals surface area contributed by atoms with Gasteiger partial charge in [-0.2, -0.15) is 0 Å². The first-order chi connectivity index (χ1) is 10.7. The summed E-state index contributed by atoms with van der Waals surface area (Å²) in [5.74, 6) is 1.21. The molecular formula is C18H17NO3. The maximum Gasteiger partial charge on any atom is 0.258 e. The molecule has 0 amide bonds. The Kier molecular flexibility index (Phi) is 3.83. The number of nitrogens with zero attached hydrogens (tertiary/aromatic N) is 1. The van der Waals surface area contributed by atoms with Gasteiger partial charge in [0.05, 0.1) is 26.2 Å². The summed E-state index contributed by atoms with van der Waals surface area (Å²) >= 11 is 0. The summed E-state index contributed by atoms with van der Waals surface area (Å²) < 4.78 is 12.4. The van der Waals surface area contributed by atoms with E-state index in [1.54, 1.807) is 37.1 Å². The third-order valence-electron chi connectivity index (χ3n) is 3.69. The average Bonchev–Trinajstić information content (AvgIpc) is 2.57. The largest absolute Gasteiger partial charge is 0.493 e. The maximum atomic E-state index is 12.7. The van der Waals surface area contributed by atoms with E-state index in [2.05, 4.69) is 0 Å². The van der Waals surface area contributed by atoms with Crippen molar-refractivity contribution in [3.05, 3.63) is 70.6 Å². The molecule has 0 aliphatic heterocycles. The van der Waals surface area contributed by atoms with Gasteiger partial charge in [0.25, 0.3) is 5.56 Å². The molecule has 0 aliphatic rings. The van der Waals surface area contributed by atoms with Gasteiger partial charge in [0.15, 0.2) is 11.5 Å². The summed E-state index contributed by atoms with van der Waals surface area (Å²) in [6, 6.07) is 15.3. The van der Waals surface area contributed by atoms with E-state index in [9.17, 15) is 4.79 Å². The Morgan fingerprint density at radius 1 is 0.909 bits per heavy atom. The second-order valence-electron chi connectivity index (χ2n) is 5.00. The fourth-order valence-corrected chi connectivity index (χ4v) is 2.59. The molecule has 3 rings (SSSR count). The summed E-state index contributed by atoms with van der Waals surface area (Å²) in [7, 11) is 3.16.